The number of alkyl halides is 1. The number of carbonyl (C=O) groups is 1. The number of anilines is 1. The maximum Gasteiger partial charge on any atom is 0.260 e. The van der Waals surface area contributed by atoms with Gasteiger partial charge in [-0.05, 0) is 36.2 Å². The number of aliphatic hydroxyl groups is 1. The molecule has 1 aliphatic heterocycles. The van der Waals surface area contributed by atoms with Crippen molar-refractivity contribution in [1.29, 1.82) is 0 Å². The van der Waals surface area contributed by atoms with Crippen LogP contribution in [0.5, 0.6) is 5.75 Å². The topological polar surface area (TPSA) is 61.8 Å². The van der Waals surface area contributed by atoms with Gasteiger partial charge in [0.15, 0.2) is 6.61 Å². The van der Waals surface area contributed by atoms with Crippen LogP contribution in [0.25, 0.3) is 0 Å². The molecule has 1 saturated heterocycles. The van der Waals surface area contributed by atoms with Crippen molar-refractivity contribution in [3.8, 4) is 5.75 Å². The van der Waals surface area contributed by atoms with Gasteiger partial charge in [0.2, 0.25) is 0 Å². The molecule has 1 amide bonds. The summed E-state index contributed by atoms with van der Waals surface area (Å²) in [6.07, 6.45) is 0.936. The Labute approximate surface area is 153 Å². The summed E-state index contributed by atoms with van der Waals surface area (Å²) in [6, 6.07) is 17.4. The van der Waals surface area contributed by atoms with Crippen LogP contribution in [0.1, 0.15) is 12.0 Å². The number of hydrogen-bond acceptors (Lipinski definition) is 4. The first-order valence-corrected chi connectivity index (χ1v) is 8.54. The average molecular weight is 360 g/mol. The monoisotopic (exact) mass is 360 g/mol. The lowest BCUT2D eigenvalue weighted by Crippen LogP contribution is -2.34. The van der Waals surface area contributed by atoms with Crippen LogP contribution < -0.4 is 10.1 Å². The predicted molar refractivity (Wildman–Crippen MR) is 99.9 cm³/mol. The van der Waals surface area contributed by atoms with E-state index >= 15 is 0 Å². The van der Waals surface area contributed by atoms with Gasteiger partial charge in [0.25, 0.3) is 5.91 Å². The van der Waals surface area contributed by atoms with Crippen LogP contribution in [0.3, 0.4) is 0 Å². The molecular weight excluding hydrogens is 335 g/mol. The number of ether oxygens (including phenoxy) is 1. The Bertz CT molecular complexity index is 665. The number of carbonyl (C=O) groups excluding carboxylic acids is 1. The van der Waals surface area contributed by atoms with E-state index in [2.05, 4.69) is 5.32 Å². The third-order valence-corrected chi connectivity index (χ3v) is 4.15. The Kier molecular flexibility index (Phi) is 7.89. The molecule has 1 unspecified atom stereocenters. The molecule has 0 aliphatic carbocycles. The second-order valence-electron chi connectivity index (χ2n) is 5.93. The van der Waals surface area contributed by atoms with Gasteiger partial charge in [0.1, 0.15) is 5.75 Å². The highest BCUT2D eigenvalue weighted by Gasteiger charge is 2.26. The molecule has 1 atom stereocenters. The summed E-state index contributed by atoms with van der Waals surface area (Å²) in [4.78, 5) is 14.1. The number of amides is 1. The number of para-hydroxylation sites is 1. The van der Waals surface area contributed by atoms with Crippen LogP contribution in [-0.2, 0) is 11.4 Å². The SMILES string of the molecule is CF.O=C(COc1ccc(CO)cc1)N1CCC(Nc2ccccc2)C1. The molecule has 0 saturated carbocycles. The maximum atomic E-state index is 12.3. The van der Waals surface area contributed by atoms with Gasteiger partial charge < -0.3 is 20.1 Å². The third-order valence-electron chi connectivity index (χ3n) is 4.15. The van der Waals surface area contributed by atoms with E-state index in [4.69, 9.17) is 9.84 Å². The first-order chi connectivity index (χ1) is 12.7. The Morgan fingerprint density at radius 1 is 1.19 bits per heavy atom. The molecule has 6 heteroatoms. The minimum absolute atomic E-state index is 0.00130. The van der Waals surface area contributed by atoms with Gasteiger partial charge in [-0.3, -0.25) is 9.18 Å². The standard InChI is InChI=1S/C19H22N2O3.CH3F/c22-13-15-6-8-18(9-7-15)24-14-19(23)21-11-10-17(12-21)20-16-4-2-1-3-5-16;1-2/h1-9,17,20,22H,10-14H2;1H3. The molecule has 0 spiro atoms. The number of nitrogens with zero attached hydrogens (tertiary/aromatic N) is 1. The minimum atomic E-state index is -0.00130. The van der Waals surface area contributed by atoms with Crippen LogP contribution in [0.4, 0.5) is 10.1 Å². The zero-order chi connectivity index (χ0) is 18.8. The molecular formula is C20H25FN2O3. The van der Waals surface area contributed by atoms with Gasteiger partial charge >= 0.3 is 0 Å². The smallest absolute Gasteiger partial charge is 0.260 e. The number of benzene rings is 2. The summed E-state index contributed by atoms with van der Waals surface area (Å²) >= 11 is 0. The van der Waals surface area contributed by atoms with Crippen molar-refractivity contribution in [1.82, 2.24) is 4.90 Å². The zero-order valence-corrected chi connectivity index (χ0v) is 14.9. The van der Waals surface area contributed by atoms with E-state index < -0.39 is 0 Å². The highest BCUT2D eigenvalue weighted by Crippen LogP contribution is 2.17. The van der Waals surface area contributed by atoms with Crippen LogP contribution in [0.2, 0.25) is 0 Å². The number of hydrogen-bond donors (Lipinski definition) is 2. The second kappa shape index (κ2) is 10.4. The Balaban J connectivity index is 0.00000117. The molecule has 0 aromatic heterocycles. The van der Waals surface area contributed by atoms with E-state index in [1.807, 2.05) is 35.2 Å². The van der Waals surface area contributed by atoms with Crippen LogP contribution in [0.15, 0.2) is 54.6 Å². The molecule has 140 valence electrons. The highest BCUT2D eigenvalue weighted by molar-refractivity contribution is 5.78. The maximum absolute atomic E-state index is 12.3. The molecule has 2 aromatic carbocycles. The largest absolute Gasteiger partial charge is 0.484 e. The molecule has 1 heterocycles. The lowest BCUT2D eigenvalue weighted by Gasteiger charge is -2.18. The van der Waals surface area contributed by atoms with Crippen molar-refractivity contribution in [3.05, 3.63) is 60.2 Å². The van der Waals surface area contributed by atoms with Gasteiger partial charge in [-0.2, -0.15) is 0 Å². The molecule has 1 fully saturated rings. The van der Waals surface area contributed by atoms with Crippen molar-refractivity contribution in [2.24, 2.45) is 0 Å². The Morgan fingerprint density at radius 2 is 1.88 bits per heavy atom. The number of aliphatic hydroxyl groups excluding tert-OH is 1. The fourth-order valence-corrected chi connectivity index (χ4v) is 2.80. The van der Waals surface area contributed by atoms with Crippen molar-refractivity contribution < 1.29 is 19.0 Å². The van der Waals surface area contributed by atoms with E-state index in [9.17, 15) is 9.18 Å². The van der Waals surface area contributed by atoms with E-state index in [-0.39, 0.29) is 25.2 Å². The molecule has 0 radical (unpaired) electrons. The van der Waals surface area contributed by atoms with Crippen molar-refractivity contribution in [2.45, 2.75) is 19.1 Å². The quantitative estimate of drug-likeness (QED) is 0.832. The normalized spacial score (nSPS) is 15.8. The number of halogens is 1. The fourth-order valence-electron chi connectivity index (χ4n) is 2.80. The van der Waals surface area contributed by atoms with Crippen molar-refractivity contribution in [3.63, 3.8) is 0 Å². The fraction of sp³-hybridized carbons (Fsp3) is 0.350. The van der Waals surface area contributed by atoms with Crippen molar-refractivity contribution >= 4 is 11.6 Å². The van der Waals surface area contributed by atoms with Gasteiger partial charge in [-0.1, -0.05) is 30.3 Å². The van der Waals surface area contributed by atoms with E-state index in [0.29, 0.717) is 19.5 Å². The lowest BCUT2D eigenvalue weighted by molar-refractivity contribution is -0.132. The van der Waals surface area contributed by atoms with Crippen molar-refractivity contribution in [2.75, 3.05) is 32.2 Å². The summed E-state index contributed by atoms with van der Waals surface area (Å²) in [6.45, 7) is 1.48. The predicted octanol–water partition coefficient (Wildman–Crippen LogP) is 2.86. The second-order valence-corrected chi connectivity index (χ2v) is 5.93. The minimum Gasteiger partial charge on any atom is -0.484 e. The van der Waals surface area contributed by atoms with Crippen LogP contribution in [0, 0.1) is 0 Å². The zero-order valence-electron chi connectivity index (χ0n) is 14.9. The number of likely N-dealkylation sites (tertiary alicyclic amines) is 1. The molecule has 3 rings (SSSR count). The van der Waals surface area contributed by atoms with Gasteiger partial charge in [-0.15, -0.1) is 0 Å². The molecule has 5 nitrogen and oxygen atoms in total. The molecule has 2 N–H and O–H groups in total. The summed E-state index contributed by atoms with van der Waals surface area (Å²) in [7, 11) is 0.500. The van der Waals surface area contributed by atoms with Crippen LogP contribution >= 0.6 is 0 Å². The lowest BCUT2D eigenvalue weighted by atomic mass is 10.2. The first kappa shape index (κ1) is 19.7. The van der Waals surface area contributed by atoms with E-state index in [0.717, 1.165) is 24.2 Å². The molecule has 1 aliphatic rings. The number of rotatable bonds is 6. The molecule has 26 heavy (non-hydrogen) atoms. The van der Waals surface area contributed by atoms with Gasteiger partial charge in [0, 0.05) is 24.8 Å². The molecule has 0 bridgehead atoms. The van der Waals surface area contributed by atoms with Gasteiger partial charge in [0.05, 0.1) is 13.8 Å². The summed E-state index contributed by atoms with van der Waals surface area (Å²) in [5, 5.41) is 12.5. The third kappa shape index (κ3) is 5.74. The Morgan fingerprint density at radius 3 is 2.54 bits per heavy atom. The average Bonchev–Trinajstić information content (AvgIpc) is 3.17. The van der Waals surface area contributed by atoms with E-state index in [1.54, 1.807) is 24.3 Å². The Hall–Kier alpha value is -2.60. The summed E-state index contributed by atoms with van der Waals surface area (Å²) < 4.78 is 15.0. The summed E-state index contributed by atoms with van der Waals surface area (Å²) in [5.41, 5.74) is 1.90. The van der Waals surface area contributed by atoms with Gasteiger partial charge in [-0.25, -0.2) is 0 Å². The summed E-state index contributed by atoms with van der Waals surface area (Å²) in [5.74, 6) is 0.636. The highest BCUT2D eigenvalue weighted by atomic mass is 19.1. The first-order valence-electron chi connectivity index (χ1n) is 8.54. The van der Waals surface area contributed by atoms with Crippen LogP contribution in [-0.4, -0.2) is 48.8 Å². The molecule has 2 aromatic rings. The number of nitrogens with one attached hydrogen (secondary N) is 1. The van der Waals surface area contributed by atoms with E-state index in [1.165, 1.54) is 0 Å².